The number of rotatable bonds is 4. The van der Waals surface area contributed by atoms with Gasteiger partial charge in [-0.15, -0.1) is 0 Å². The second-order valence-corrected chi connectivity index (χ2v) is 4.83. The van der Waals surface area contributed by atoms with Gasteiger partial charge in [0.25, 0.3) is 0 Å². The van der Waals surface area contributed by atoms with Crippen LogP contribution in [-0.4, -0.2) is 25.2 Å². The molecule has 1 aliphatic rings. The van der Waals surface area contributed by atoms with Gasteiger partial charge in [-0.3, -0.25) is 0 Å². The molecule has 1 aliphatic heterocycles. The van der Waals surface area contributed by atoms with E-state index < -0.39 is 0 Å². The summed E-state index contributed by atoms with van der Waals surface area (Å²) in [6, 6.07) is 8.23. The zero-order valence-corrected chi connectivity index (χ0v) is 10.8. The van der Waals surface area contributed by atoms with Crippen molar-refractivity contribution in [2.45, 2.75) is 32.2 Å². The van der Waals surface area contributed by atoms with Crippen molar-refractivity contribution in [3.05, 3.63) is 29.8 Å². The molecule has 0 aliphatic carbocycles. The van der Waals surface area contributed by atoms with Crippen LogP contribution in [0.4, 0.5) is 10.5 Å². The highest BCUT2D eigenvalue weighted by Crippen LogP contribution is 2.09. The largest absolute Gasteiger partial charge is 0.338 e. The van der Waals surface area contributed by atoms with Crippen LogP contribution in [0.25, 0.3) is 0 Å². The third-order valence-corrected chi connectivity index (χ3v) is 3.25. The number of hydrogen-bond donors (Lipinski definition) is 3. The molecule has 1 heterocycles. The maximum atomic E-state index is 11.6. The van der Waals surface area contributed by atoms with E-state index in [4.69, 9.17) is 0 Å². The monoisotopic (exact) mass is 247 g/mol. The molecule has 4 heteroatoms. The third kappa shape index (κ3) is 4.04. The van der Waals surface area contributed by atoms with Crippen molar-refractivity contribution in [2.75, 3.05) is 18.4 Å². The average Bonchev–Trinajstić information content (AvgIpc) is 2.85. The molecule has 1 atom stereocenters. The fraction of sp³-hybridized carbons (Fsp3) is 0.500. The summed E-state index contributed by atoms with van der Waals surface area (Å²) in [4.78, 5) is 11.6. The zero-order chi connectivity index (χ0) is 12.8. The molecule has 1 saturated heterocycles. The Morgan fingerprint density at radius 1 is 1.39 bits per heavy atom. The van der Waals surface area contributed by atoms with Gasteiger partial charge in [-0.25, -0.2) is 4.79 Å². The van der Waals surface area contributed by atoms with Crippen LogP contribution in [0.2, 0.25) is 0 Å². The number of aryl methyl sites for hydroxylation is 1. The molecule has 0 radical (unpaired) electrons. The lowest BCUT2D eigenvalue weighted by Gasteiger charge is -2.11. The zero-order valence-electron chi connectivity index (χ0n) is 10.8. The molecule has 4 nitrogen and oxygen atoms in total. The van der Waals surface area contributed by atoms with E-state index in [2.05, 4.69) is 16.0 Å². The first-order chi connectivity index (χ1) is 8.74. The Hall–Kier alpha value is -1.55. The lowest BCUT2D eigenvalue weighted by Crippen LogP contribution is -2.33. The van der Waals surface area contributed by atoms with E-state index in [0.717, 1.165) is 25.2 Å². The molecular weight excluding hydrogens is 226 g/mol. The number of hydrogen-bond acceptors (Lipinski definition) is 2. The molecule has 1 fully saturated rings. The molecule has 18 heavy (non-hydrogen) atoms. The van der Waals surface area contributed by atoms with E-state index in [1.54, 1.807) is 0 Å². The summed E-state index contributed by atoms with van der Waals surface area (Å²) in [6.07, 6.45) is 3.48. The van der Waals surface area contributed by atoms with Crippen LogP contribution in [0, 0.1) is 6.92 Å². The molecule has 2 rings (SSSR count). The Balaban J connectivity index is 1.66. The maximum Gasteiger partial charge on any atom is 0.319 e. The van der Waals surface area contributed by atoms with Crippen molar-refractivity contribution in [1.29, 1.82) is 0 Å². The predicted octanol–water partition coefficient (Wildman–Crippen LogP) is 2.26. The van der Waals surface area contributed by atoms with Crippen LogP contribution in [-0.2, 0) is 0 Å². The smallest absolute Gasteiger partial charge is 0.319 e. The summed E-state index contributed by atoms with van der Waals surface area (Å²) in [5.41, 5.74) is 2.02. The lowest BCUT2D eigenvalue weighted by molar-refractivity contribution is 0.251. The van der Waals surface area contributed by atoms with Crippen molar-refractivity contribution in [1.82, 2.24) is 10.6 Å². The highest BCUT2D eigenvalue weighted by atomic mass is 16.2. The molecule has 1 unspecified atom stereocenters. The van der Waals surface area contributed by atoms with Gasteiger partial charge in [-0.2, -0.15) is 0 Å². The Bertz CT molecular complexity index is 383. The second-order valence-electron chi connectivity index (χ2n) is 4.83. The minimum absolute atomic E-state index is 0.128. The quantitative estimate of drug-likeness (QED) is 0.764. The number of anilines is 1. The molecule has 0 bridgehead atoms. The van der Waals surface area contributed by atoms with Gasteiger partial charge in [0.05, 0.1) is 0 Å². The molecular formula is C14H21N3O. The predicted molar refractivity (Wildman–Crippen MR) is 73.8 cm³/mol. The number of amides is 2. The van der Waals surface area contributed by atoms with Gasteiger partial charge >= 0.3 is 6.03 Å². The minimum Gasteiger partial charge on any atom is -0.338 e. The van der Waals surface area contributed by atoms with Gasteiger partial charge in [-0.1, -0.05) is 17.7 Å². The van der Waals surface area contributed by atoms with Gasteiger partial charge in [0, 0.05) is 18.3 Å². The van der Waals surface area contributed by atoms with Crippen molar-refractivity contribution in [3.8, 4) is 0 Å². The van der Waals surface area contributed by atoms with E-state index in [1.807, 2.05) is 31.2 Å². The second kappa shape index (κ2) is 6.40. The molecule has 1 aromatic carbocycles. The maximum absolute atomic E-state index is 11.6. The fourth-order valence-electron chi connectivity index (χ4n) is 2.18. The fourth-order valence-corrected chi connectivity index (χ4v) is 2.18. The van der Waals surface area contributed by atoms with Crippen molar-refractivity contribution < 1.29 is 4.79 Å². The molecule has 0 saturated carbocycles. The van der Waals surface area contributed by atoms with Gasteiger partial charge < -0.3 is 16.0 Å². The molecule has 1 aromatic rings. The average molecular weight is 247 g/mol. The van der Waals surface area contributed by atoms with E-state index in [9.17, 15) is 4.79 Å². The van der Waals surface area contributed by atoms with Crippen molar-refractivity contribution >= 4 is 11.7 Å². The Morgan fingerprint density at radius 2 is 2.17 bits per heavy atom. The topological polar surface area (TPSA) is 53.2 Å². The van der Waals surface area contributed by atoms with Crippen LogP contribution in [0.1, 0.15) is 24.8 Å². The van der Waals surface area contributed by atoms with Crippen LogP contribution in [0.15, 0.2) is 24.3 Å². The van der Waals surface area contributed by atoms with E-state index in [1.165, 1.54) is 18.4 Å². The first-order valence-corrected chi connectivity index (χ1v) is 6.59. The Labute approximate surface area is 108 Å². The molecule has 0 aromatic heterocycles. The van der Waals surface area contributed by atoms with Gasteiger partial charge in [-0.05, 0) is 44.9 Å². The molecule has 2 amide bonds. The molecule has 0 spiro atoms. The van der Waals surface area contributed by atoms with E-state index >= 15 is 0 Å². The Morgan fingerprint density at radius 3 is 2.83 bits per heavy atom. The van der Waals surface area contributed by atoms with Crippen LogP contribution >= 0.6 is 0 Å². The standard InChI is InChI=1S/C14H21N3O/c1-11-4-6-13(7-5-11)17-14(18)16-10-8-12-3-2-9-15-12/h4-7,12,15H,2-3,8-10H2,1H3,(H2,16,17,18). The summed E-state index contributed by atoms with van der Waals surface area (Å²) in [7, 11) is 0. The highest BCUT2D eigenvalue weighted by molar-refractivity contribution is 5.89. The number of nitrogens with one attached hydrogen (secondary N) is 3. The summed E-state index contributed by atoms with van der Waals surface area (Å²) < 4.78 is 0. The summed E-state index contributed by atoms with van der Waals surface area (Å²) in [5.74, 6) is 0. The third-order valence-electron chi connectivity index (χ3n) is 3.25. The summed E-state index contributed by atoms with van der Waals surface area (Å²) in [6.45, 7) is 3.86. The summed E-state index contributed by atoms with van der Waals surface area (Å²) in [5, 5.41) is 9.12. The van der Waals surface area contributed by atoms with Gasteiger partial charge in [0.15, 0.2) is 0 Å². The van der Waals surface area contributed by atoms with Gasteiger partial charge in [0.1, 0.15) is 0 Å². The van der Waals surface area contributed by atoms with Gasteiger partial charge in [0.2, 0.25) is 0 Å². The molecule has 98 valence electrons. The first kappa shape index (κ1) is 12.9. The SMILES string of the molecule is Cc1ccc(NC(=O)NCCC2CCCN2)cc1. The van der Waals surface area contributed by atoms with Crippen LogP contribution < -0.4 is 16.0 Å². The normalized spacial score (nSPS) is 18.6. The van der Waals surface area contributed by atoms with Crippen molar-refractivity contribution in [2.24, 2.45) is 0 Å². The number of carbonyl (C=O) groups is 1. The van der Waals surface area contributed by atoms with Crippen LogP contribution in [0.5, 0.6) is 0 Å². The summed E-state index contributed by atoms with van der Waals surface area (Å²) >= 11 is 0. The lowest BCUT2D eigenvalue weighted by atomic mass is 10.1. The van der Waals surface area contributed by atoms with Crippen LogP contribution in [0.3, 0.4) is 0 Å². The number of carbonyl (C=O) groups excluding carboxylic acids is 1. The Kier molecular flexibility index (Phi) is 4.59. The van der Waals surface area contributed by atoms with E-state index in [0.29, 0.717) is 6.04 Å². The molecule has 3 N–H and O–H groups in total. The first-order valence-electron chi connectivity index (χ1n) is 6.59. The highest BCUT2D eigenvalue weighted by Gasteiger charge is 2.13. The minimum atomic E-state index is -0.128. The van der Waals surface area contributed by atoms with E-state index in [-0.39, 0.29) is 6.03 Å². The number of urea groups is 1. The number of benzene rings is 1. The van der Waals surface area contributed by atoms with Crippen molar-refractivity contribution in [3.63, 3.8) is 0 Å².